The van der Waals surface area contributed by atoms with Crippen LogP contribution in [0.4, 0.5) is 5.69 Å². The monoisotopic (exact) mass is 253 g/mol. The Morgan fingerprint density at radius 3 is 2.82 bits per heavy atom. The van der Waals surface area contributed by atoms with Crippen LogP contribution in [0.1, 0.15) is 12.0 Å². The minimum absolute atomic E-state index is 0.501. The molecule has 17 heavy (non-hydrogen) atoms. The third-order valence-electron chi connectivity index (χ3n) is 3.36. The van der Waals surface area contributed by atoms with Crippen molar-refractivity contribution in [2.45, 2.75) is 13.0 Å². The van der Waals surface area contributed by atoms with Gasteiger partial charge in [0.2, 0.25) is 0 Å². The highest BCUT2D eigenvalue weighted by atomic mass is 35.5. The number of nitrogens with two attached hydrogens (primary N) is 1. The summed E-state index contributed by atoms with van der Waals surface area (Å²) in [5, 5.41) is 0.780. The molecule has 0 aliphatic carbocycles. The van der Waals surface area contributed by atoms with Crippen molar-refractivity contribution in [2.75, 3.05) is 38.1 Å². The zero-order valence-corrected chi connectivity index (χ0v) is 11.1. The molecule has 0 amide bonds. The van der Waals surface area contributed by atoms with Crippen molar-refractivity contribution >= 4 is 17.3 Å². The standard InChI is InChI=1S/C13H20ClN3/c1-16-6-3-7-17(9-8-16)13-5-2-4-12(14)11(13)10-15/h2,4-5H,3,6-10,15H2,1H3. The zero-order chi connectivity index (χ0) is 12.3. The lowest BCUT2D eigenvalue weighted by molar-refractivity contribution is 0.360. The van der Waals surface area contributed by atoms with E-state index in [1.807, 2.05) is 12.1 Å². The number of rotatable bonds is 2. The van der Waals surface area contributed by atoms with Gasteiger partial charge in [-0.25, -0.2) is 0 Å². The van der Waals surface area contributed by atoms with Crippen molar-refractivity contribution in [3.05, 3.63) is 28.8 Å². The van der Waals surface area contributed by atoms with Gasteiger partial charge in [0.1, 0.15) is 0 Å². The van der Waals surface area contributed by atoms with Gasteiger partial charge in [0.25, 0.3) is 0 Å². The molecule has 1 aliphatic heterocycles. The molecule has 3 nitrogen and oxygen atoms in total. The van der Waals surface area contributed by atoms with Crippen LogP contribution < -0.4 is 10.6 Å². The minimum Gasteiger partial charge on any atom is -0.370 e. The second-order valence-electron chi connectivity index (χ2n) is 4.59. The van der Waals surface area contributed by atoms with Crippen LogP contribution in [0.15, 0.2) is 18.2 Å². The lowest BCUT2D eigenvalue weighted by atomic mass is 10.1. The molecule has 94 valence electrons. The van der Waals surface area contributed by atoms with E-state index in [1.54, 1.807) is 0 Å². The molecule has 0 unspecified atom stereocenters. The quantitative estimate of drug-likeness (QED) is 0.875. The van der Waals surface area contributed by atoms with Gasteiger partial charge in [-0.1, -0.05) is 17.7 Å². The largest absolute Gasteiger partial charge is 0.370 e. The topological polar surface area (TPSA) is 32.5 Å². The van der Waals surface area contributed by atoms with Crippen molar-refractivity contribution in [1.29, 1.82) is 0 Å². The second kappa shape index (κ2) is 5.71. The van der Waals surface area contributed by atoms with Crippen LogP contribution in [-0.4, -0.2) is 38.1 Å². The van der Waals surface area contributed by atoms with Gasteiger partial charge in [0, 0.05) is 42.5 Å². The molecule has 1 fully saturated rings. The Kier molecular flexibility index (Phi) is 4.26. The van der Waals surface area contributed by atoms with Gasteiger partial charge in [-0.3, -0.25) is 0 Å². The number of hydrogen-bond donors (Lipinski definition) is 1. The molecule has 1 aliphatic rings. The van der Waals surface area contributed by atoms with Crippen LogP contribution in [0.2, 0.25) is 5.02 Å². The van der Waals surface area contributed by atoms with Gasteiger partial charge >= 0.3 is 0 Å². The van der Waals surface area contributed by atoms with E-state index >= 15 is 0 Å². The average Bonchev–Trinajstić information content (AvgIpc) is 2.54. The SMILES string of the molecule is CN1CCCN(c2cccc(Cl)c2CN)CC1. The molecule has 1 aromatic rings. The fraction of sp³-hybridized carbons (Fsp3) is 0.538. The Hall–Kier alpha value is -0.770. The molecule has 1 heterocycles. The van der Waals surface area contributed by atoms with Gasteiger partial charge in [0.05, 0.1) is 0 Å². The smallest absolute Gasteiger partial charge is 0.0471 e. The first-order valence-corrected chi connectivity index (χ1v) is 6.51. The van der Waals surface area contributed by atoms with Gasteiger partial charge in [-0.15, -0.1) is 0 Å². The predicted octanol–water partition coefficient (Wildman–Crippen LogP) is 1.94. The third-order valence-corrected chi connectivity index (χ3v) is 3.71. The van der Waals surface area contributed by atoms with E-state index in [-0.39, 0.29) is 0 Å². The molecule has 4 heteroatoms. The summed E-state index contributed by atoms with van der Waals surface area (Å²) in [6, 6.07) is 6.04. The van der Waals surface area contributed by atoms with E-state index < -0.39 is 0 Å². The summed E-state index contributed by atoms with van der Waals surface area (Å²) in [6.45, 7) is 4.88. The molecule has 0 saturated carbocycles. The summed E-state index contributed by atoms with van der Waals surface area (Å²) in [5.74, 6) is 0. The first-order valence-electron chi connectivity index (χ1n) is 6.13. The normalized spacial score (nSPS) is 18.2. The van der Waals surface area contributed by atoms with Crippen LogP contribution >= 0.6 is 11.6 Å². The maximum absolute atomic E-state index is 6.20. The molecule has 2 rings (SSSR count). The van der Waals surface area contributed by atoms with E-state index in [1.165, 1.54) is 12.1 Å². The summed E-state index contributed by atoms with van der Waals surface area (Å²) in [7, 11) is 2.17. The molecular weight excluding hydrogens is 234 g/mol. The lowest BCUT2D eigenvalue weighted by Gasteiger charge is -2.25. The van der Waals surface area contributed by atoms with Gasteiger partial charge in [0.15, 0.2) is 0 Å². The lowest BCUT2D eigenvalue weighted by Crippen LogP contribution is -2.29. The number of hydrogen-bond acceptors (Lipinski definition) is 3. The van der Waals surface area contributed by atoms with Gasteiger partial charge in [-0.2, -0.15) is 0 Å². The van der Waals surface area contributed by atoms with Crippen LogP contribution in [0.3, 0.4) is 0 Å². The molecule has 2 N–H and O–H groups in total. The number of nitrogens with zero attached hydrogens (tertiary/aromatic N) is 2. The first-order chi connectivity index (χ1) is 8.22. The van der Waals surface area contributed by atoms with E-state index in [0.717, 1.165) is 36.8 Å². The molecule has 0 bridgehead atoms. The predicted molar refractivity (Wildman–Crippen MR) is 73.7 cm³/mol. The van der Waals surface area contributed by atoms with E-state index in [9.17, 15) is 0 Å². The van der Waals surface area contributed by atoms with Crippen molar-refractivity contribution in [3.63, 3.8) is 0 Å². The summed E-state index contributed by atoms with van der Waals surface area (Å²) in [6.07, 6.45) is 1.19. The van der Waals surface area contributed by atoms with Crippen molar-refractivity contribution in [3.8, 4) is 0 Å². The fourth-order valence-electron chi connectivity index (χ4n) is 2.33. The number of anilines is 1. The van der Waals surface area contributed by atoms with E-state index in [4.69, 9.17) is 17.3 Å². The average molecular weight is 254 g/mol. The fourth-order valence-corrected chi connectivity index (χ4v) is 2.58. The van der Waals surface area contributed by atoms with Crippen LogP contribution in [0, 0.1) is 0 Å². The Labute approximate surface area is 108 Å². The molecule has 0 spiro atoms. The van der Waals surface area contributed by atoms with Crippen molar-refractivity contribution < 1.29 is 0 Å². The highest BCUT2D eigenvalue weighted by Crippen LogP contribution is 2.27. The number of likely N-dealkylation sites (N-methyl/N-ethyl adjacent to an activating group) is 1. The van der Waals surface area contributed by atoms with Crippen molar-refractivity contribution in [1.82, 2.24) is 4.90 Å². The van der Waals surface area contributed by atoms with Crippen LogP contribution in [0.5, 0.6) is 0 Å². The van der Waals surface area contributed by atoms with E-state index in [0.29, 0.717) is 6.54 Å². The second-order valence-corrected chi connectivity index (χ2v) is 4.99. The van der Waals surface area contributed by atoms with E-state index in [2.05, 4.69) is 22.9 Å². The highest BCUT2D eigenvalue weighted by Gasteiger charge is 2.16. The Bertz CT molecular complexity index is 381. The third kappa shape index (κ3) is 2.92. The van der Waals surface area contributed by atoms with Gasteiger partial charge in [-0.05, 0) is 32.1 Å². The first kappa shape index (κ1) is 12.7. The molecule has 1 saturated heterocycles. The number of benzene rings is 1. The zero-order valence-electron chi connectivity index (χ0n) is 10.3. The van der Waals surface area contributed by atoms with Gasteiger partial charge < -0.3 is 15.5 Å². The minimum atomic E-state index is 0.501. The highest BCUT2D eigenvalue weighted by molar-refractivity contribution is 6.31. The summed E-state index contributed by atoms with van der Waals surface area (Å²) in [5.41, 5.74) is 8.08. The maximum atomic E-state index is 6.20. The molecule has 1 aromatic carbocycles. The summed E-state index contributed by atoms with van der Waals surface area (Å²) in [4.78, 5) is 4.77. The summed E-state index contributed by atoms with van der Waals surface area (Å²) < 4.78 is 0. The van der Waals surface area contributed by atoms with Crippen LogP contribution in [-0.2, 0) is 6.54 Å². The molecule has 0 atom stereocenters. The Morgan fingerprint density at radius 1 is 1.24 bits per heavy atom. The number of halogens is 1. The Morgan fingerprint density at radius 2 is 2.06 bits per heavy atom. The molecular formula is C13H20ClN3. The van der Waals surface area contributed by atoms with Crippen molar-refractivity contribution in [2.24, 2.45) is 5.73 Å². The summed E-state index contributed by atoms with van der Waals surface area (Å²) >= 11 is 6.20. The maximum Gasteiger partial charge on any atom is 0.0471 e. The Balaban J connectivity index is 2.23. The van der Waals surface area contributed by atoms with Crippen LogP contribution in [0.25, 0.3) is 0 Å². The molecule has 0 radical (unpaired) electrons. The molecule has 0 aromatic heterocycles.